The Kier molecular flexibility index (Phi) is 3.93. The van der Waals surface area contributed by atoms with Crippen LogP contribution < -0.4 is 5.32 Å². The van der Waals surface area contributed by atoms with Crippen molar-refractivity contribution in [1.29, 1.82) is 0 Å². The maximum Gasteiger partial charge on any atom is 0.332 e. The summed E-state index contributed by atoms with van der Waals surface area (Å²) in [5, 5.41) is 11.4. The number of anilines is 1. The highest BCUT2D eigenvalue weighted by molar-refractivity contribution is 9.10. The highest BCUT2D eigenvalue weighted by Crippen LogP contribution is 2.23. The van der Waals surface area contributed by atoms with Gasteiger partial charge in [0.25, 0.3) is 5.91 Å². The SMILES string of the molecule is O=C(O)C1CCC(C(=O)Nc2cccnc2Br)O1. The second-order valence-electron chi connectivity index (χ2n) is 3.86. The average molecular weight is 315 g/mol. The first-order valence-corrected chi connectivity index (χ1v) is 6.17. The van der Waals surface area contributed by atoms with Crippen LogP contribution in [0.15, 0.2) is 22.9 Å². The highest BCUT2D eigenvalue weighted by Gasteiger charge is 2.34. The van der Waals surface area contributed by atoms with E-state index in [2.05, 4.69) is 26.2 Å². The van der Waals surface area contributed by atoms with Crippen LogP contribution in [0.2, 0.25) is 0 Å². The number of rotatable bonds is 3. The van der Waals surface area contributed by atoms with Gasteiger partial charge in [-0.05, 0) is 40.9 Å². The average Bonchev–Trinajstić information content (AvgIpc) is 2.81. The highest BCUT2D eigenvalue weighted by atomic mass is 79.9. The molecule has 1 saturated heterocycles. The molecule has 2 heterocycles. The van der Waals surface area contributed by atoms with Gasteiger partial charge in [0.1, 0.15) is 10.7 Å². The summed E-state index contributed by atoms with van der Waals surface area (Å²) in [5.41, 5.74) is 0.532. The molecule has 0 aromatic carbocycles. The van der Waals surface area contributed by atoms with E-state index in [1.807, 2.05) is 0 Å². The number of ether oxygens (including phenoxy) is 1. The van der Waals surface area contributed by atoms with Crippen LogP contribution in [0.25, 0.3) is 0 Å². The summed E-state index contributed by atoms with van der Waals surface area (Å²) >= 11 is 3.21. The summed E-state index contributed by atoms with van der Waals surface area (Å²) in [6, 6.07) is 3.38. The van der Waals surface area contributed by atoms with Crippen molar-refractivity contribution in [3.8, 4) is 0 Å². The third-order valence-corrected chi connectivity index (χ3v) is 3.24. The minimum atomic E-state index is -1.03. The van der Waals surface area contributed by atoms with Crippen LogP contribution in [-0.4, -0.2) is 34.2 Å². The van der Waals surface area contributed by atoms with Crippen LogP contribution in [0.1, 0.15) is 12.8 Å². The maximum atomic E-state index is 11.9. The van der Waals surface area contributed by atoms with E-state index < -0.39 is 18.2 Å². The molecule has 1 amide bonds. The largest absolute Gasteiger partial charge is 0.479 e. The molecule has 0 saturated carbocycles. The smallest absolute Gasteiger partial charge is 0.332 e. The molecule has 2 unspecified atom stereocenters. The number of aliphatic carboxylic acids is 1. The van der Waals surface area contributed by atoms with E-state index in [1.54, 1.807) is 18.3 Å². The third-order valence-electron chi connectivity index (χ3n) is 2.60. The fraction of sp³-hybridized carbons (Fsp3) is 0.364. The molecule has 0 aliphatic carbocycles. The van der Waals surface area contributed by atoms with Gasteiger partial charge in [-0.3, -0.25) is 4.79 Å². The molecule has 2 atom stereocenters. The van der Waals surface area contributed by atoms with Gasteiger partial charge in [-0.1, -0.05) is 0 Å². The normalized spacial score (nSPS) is 22.7. The third kappa shape index (κ3) is 2.85. The standard InChI is InChI=1S/C11H11BrN2O4/c12-9-6(2-1-5-13-9)14-10(15)7-3-4-8(18-7)11(16)17/h1-2,5,7-8H,3-4H2,(H,14,15)(H,16,17). The first kappa shape index (κ1) is 13.0. The summed E-state index contributed by atoms with van der Waals surface area (Å²) in [5.74, 6) is -1.39. The van der Waals surface area contributed by atoms with Crippen LogP contribution in [0, 0.1) is 0 Å². The Balaban J connectivity index is 1.98. The number of hydrogen-bond acceptors (Lipinski definition) is 4. The quantitative estimate of drug-likeness (QED) is 0.824. The molecule has 0 bridgehead atoms. The molecule has 1 aliphatic rings. The molecule has 2 N–H and O–H groups in total. The van der Waals surface area contributed by atoms with Crippen LogP contribution in [0.3, 0.4) is 0 Å². The van der Waals surface area contributed by atoms with Gasteiger partial charge in [-0.2, -0.15) is 0 Å². The molecule has 6 nitrogen and oxygen atoms in total. The zero-order valence-corrected chi connectivity index (χ0v) is 10.9. The number of carboxylic acid groups (broad SMARTS) is 1. The van der Waals surface area contributed by atoms with E-state index in [-0.39, 0.29) is 5.91 Å². The second kappa shape index (κ2) is 5.45. The lowest BCUT2D eigenvalue weighted by Gasteiger charge is -2.12. The van der Waals surface area contributed by atoms with E-state index in [4.69, 9.17) is 9.84 Å². The molecular weight excluding hydrogens is 304 g/mol. The van der Waals surface area contributed by atoms with Crippen LogP contribution >= 0.6 is 15.9 Å². The van der Waals surface area contributed by atoms with Gasteiger partial charge in [0.2, 0.25) is 0 Å². The number of carbonyl (C=O) groups is 2. The fourth-order valence-corrected chi connectivity index (χ4v) is 2.05. The van der Waals surface area contributed by atoms with Crippen molar-refractivity contribution in [2.75, 3.05) is 5.32 Å². The lowest BCUT2D eigenvalue weighted by atomic mass is 10.2. The van der Waals surface area contributed by atoms with Gasteiger partial charge in [-0.25, -0.2) is 9.78 Å². The molecule has 0 spiro atoms. The molecular formula is C11H11BrN2O4. The van der Waals surface area contributed by atoms with Crippen LogP contribution in [0.5, 0.6) is 0 Å². The second-order valence-corrected chi connectivity index (χ2v) is 4.61. The Morgan fingerprint density at radius 3 is 2.78 bits per heavy atom. The number of halogens is 1. The van der Waals surface area contributed by atoms with Gasteiger partial charge in [0.15, 0.2) is 6.10 Å². The monoisotopic (exact) mass is 314 g/mol. The van der Waals surface area contributed by atoms with Gasteiger partial charge in [-0.15, -0.1) is 0 Å². The van der Waals surface area contributed by atoms with E-state index in [0.29, 0.717) is 23.1 Å². The fourth-order valence-electron chi connectivity index (χ4n) is 1.70. The molecule has 1 aliphatic heterocycles. The summed E-state index contributed by atoms with van der Waals surface area (Å²) < 4.78 is 5.67. The molecule has 96 valence electrons. The van der Waals surface area contributed by atoms with Crippen molar-refractivity contribution in [2.45, 2.75) is 25.0 Å². The Morgan fingerprint density at radius 2 is 2.17 bits per heavy atom. The lowest BCUT2D eigenvalue weighted by Crippen LogP contribution is -2.30. The predicted molar refractivity (Wildman–Crippen MR) is 66.1 cm³/mol. The molecule has 1 aromatic heterocycles. The summed E-state index contributed by atoms with van der Waals surface area (Å²) in [7, 11) is 0. The molecule has 0 radical (unpaired) electrons. The number of nitrogens with zero attached hydrogens (tertiary/aromatic N) is 1. The number of carbonyl (C=O) groups excluding carboxylic acids is 1. The van der Waals surface area contributed by atoms with Crippen molar-refractivity contribution in [3.05, 3.63) is 22.9 Å². The number of carboxylic acids is 1. The van der Waals surface area contributed by atoms with Crippen LogP contribution in [-0.2, 0) is 14.3 Å². The topological polar surface area (TPSA) is 88.5 Å². The predicted octanol–water partition coefficient (Wildman–Crippen LogP) is 1.41. The number of nitrogens with one attached hydrogen (secondary N) is 1. The summed E-state index contributed by atoms with van der Waals surface area (Å²) in [6.07, 6.45) is 0.727. The van der Waals surface area contributed by atoms with E-state index in [1.165, 1.54) is 0 Å². The number of aromatic nitrogens is 1. The Hall–Kier alpha value is -1.47. The van der Waals surface area contributed by atoms with E-state index in [0.717, 1.165) is 0 Å². The zero-order chi connectivity index (χ0) is 13.1. The minimum Gasteiger partial charge on any atom is -0.479 e. The van der Waals surface area contributed by atoms with Crippen molar-refractivity contribution >= 4 is 33.5 Å². The lowest BCUT2D eigenvalue weighted by molar-refractivity contribution is -0.150. The van der Waals surface area contributed by atoms with Gasteiger partial charge in [0.05, 0.1) is 5.69 Å². The van der Waals surface area contributed by atoms with Gasteiger partial charge >= 0.3 is 5.97 Å². The van der Waals surface area contributed by atoms with Crippen molar-refractivity contribution < 1.29 is 19.4 Å². The number of pyridine rings is 1. The van der Waals surface area contributed by atoms with Crippen molar-refractivity contribution in [1.82, 2.24) is 4.98 Å². The number of hydrogen-bond donors (Lipinski definition) is 2. The molecule has 2 rings (SSSR count). The van der Waals surface area contributed by atoms with Crippen molar-refractivity contribution in [2.24, 2.45) is 0 Å². The summed E-state index contributed by atoms with van der Waals surface area (Å²) in [4.78, 5) is 26.5. The first-order chi connectivity index (χ1) is 8.58. The zero-order valence-electron chi connectivity index (χ0n) is 9.30. The van der Waals surface area contributed by atoms with Gasteiger partial charge < -0.3 is 15.2 Å². The van der Waals surface area contributed by atoms with E-state index >= 15 is 0 Å². The molecule has 1 fully saturated rings. The first-order valence-electron chi connectivity index (χ1n) is 5.37. The van der Waals surface area contributed by atoms with Crippen molar-refractivity contribution in [3.63, 3.8) is 0 Å². The van der Waals surface area contributed by atoms with Crippen LogP contribution in [0.4, 0.5) is 5.69 Å². The Bertz CT molecular complexity index is 480. The molecule has 18 heavy (non-hydrogen) atoms. The number of amides is 1. The molecule has 7 heteroatoms. The summed E-state index contributed by atoms with van der Waals surface area (Å²) in [6.45, 7) is 0. The Labute approximate surface area is 111 Å². The minimum absolute atomic E-state index is 0.349. The maximum absolute atomic E-state index is 11.9. The molecule has 1 aromatic rings. The van der Waals surface area contributed by atoms with Gasteiger partial charge in [0, 0.05) is 6.20 Å². The Morgan fingerprint density at radius 1 is 1.44 bits per heavy atom. The van der Waals surface area contributed by atoms with E-state index in [9.17, 15) is 9.59 Å².